The predicted molar refractivity (Wildman–Crippen MR) is 85.7 cm³/mol. The molecule has 1 aromatic carbocycles. The number of para-hydroxylation sites is 1. The van der Waals surface area contributed by atoms with Gasteiger partial charge in [-0.2, -0.15) is 0 Å². The highest BCUT2D eigenvalue weighted by atomic mass is 32.2. The normalized spacial score (nSPS) is 11.8. The van der Waals surface area contributed by atoms with E-state index in [0.717, 1.165) is 17.8 Å². The third-order valence-corrected chi connectivity index (χ3v) is 5.07. The van der Waals surface area contributed by atoms with Gasteiger partial charge in [0.25, 0.3) is 0 Å². The van der Waals surface area contributed by atoms with Gasteiger partial charge in [-0.1, -0.05) is 32.0 Å². The maximum absolute atomic E-state index is 12.5. The lowest BCUT2D eigenvalue weighted by Gasteiger charge is -2.24. The Bertz CT molecular complexity index is 512. The Kier molecular flexibility index (Phi) is 6.49. The van der Waals surface area contributed by atoms with Crippen LogP contribution >= 0.6 is 0 Å². The number of rotatable bonds is 8. The molecule has 0 aliphatic rings. The van der Waals surface area contributed by atoms with Gasteiger partial charge in [0, 0.05) is 12.6 Å². The molecule has 1 aromatic rings. The number of hydrogen-bond donors (Lipinski definition) is 1. The van der Waals surface area contributed by atoms with Crippen molar-refractivity contribution in [2.75, 3.05) is 23.1 Å². The average molecular weight is 298 g/mol. The van der Waals surface area contributed by atoms with Crippen molar-refractivity contribution in [3.63, 3.8) is 0 Å². The van der Waals surface area contributed by atoms with Crippen LogP contribution in [0.25, 0.3) is 0 Å². The highest BCUT2D eigenvalue weighted by Crippen LogP contribution is 2.22. The van der Waals surface area contributed by atoms with Gasteiger partial charge in [-0.3, -0.25) is 4.31 Å². The van der Waals surface area contributed by atoms with Crippen LogP contribution in [0, 0.1) is 6.92 Å². The number of nitrogens with zero attached hydrogens (tertiary/aromatic N) is 1. The third-order valence-electron chi connectivity index (χ3n) is 3.14. The fraction of sp³-hybridized carbons (Fsp3) is 0.600. The molecular weight excluding hydrogens is 272 g/mol. The van der Waals surface area contributed by atoms with Gasteiger partial charge in [-0.05, 0) is 38.4 Å². The molecule has 0 saturated heterocycles. The van der Waals surface area contributed by atoms with Crippen molar-refractivity contribution in [3.8, 4) is 0 Å². The van der Waals surface area contributed by atoms with E-state index in [4.69, 9.17) is 0 Å². The molecule has 0 heterocycles. The first-order valence-corrected chi connectivity index (χ1v) is 8.78. The van der Waals surface area contributed by atoms with E-state index in [1.165, 1.54) is 4.31 Å². The van der Waals surface area contributed by atoms with Gasteiger partial charge >= 0.3 is 0 Å². The van der Waals surface area contributed by atoms with Crippen molar-refractivity contribution in [3.05, 3.63) is 29.8 Å². The molecule has 20 heavy (non-hydrogen) atoms. The van der Waals surface area contributed by atoms with Crippen molar-refractivity contribution in [1.82, 2.24) is 5.32 Å². The Morgan fingerprint density at radius 2 is 1.90 bits per heavy atom. The Hall–Kier alpha value is -1.07. The molecule has 5 heteroatoms. The molecule has 4 nitrogen and oxygen atoms in total. The Morgan fingerprint density at radius 1 is 1.25 bits per heavy atom. The Balaban J connectivity index is 2.76. The number of aryl methyl sites for hydroxylation is 1. The monoisotopic (exact) mass is 298 g/mol. The minimum atomic E-state index is -3.25. The van der Waals surface area contributed by atoms with Gasteiger partial charge in [-0.15, -0.1) is 0 Å². The van der Waals surface area contributed by atoms with Crippen molar-refractivity contribution in [2.24, 2.45) is 0 Å². The fourth-order valence-electron chi connectivity index (χ4n) is 2.12. The van der Waals surface area contributed by atoms with Crippen molar-refractivity contribution < 1.29 is 8.42 Å². The number of nitrogens with one attached hydrogen (secondary N) is 1. The summed E-state index contributed by atoms with van der Waals surface area (Å²) < 4.78 is 26.4. The van der Waals surface area contributed by atoms with Crippen LogP contribution in [0.4, 0.5) is 5.69 Å². The summed E-state index contributed by atoms with van der Waals surface area (Å²) >= 11 is 0. The van der Waals surface area contributed by atoms with E-state index in [9.17, 15) is 8.42 Å². The average Bonchev–Trinajstić information content (AvgIpc) is 2.37. The molecule has 0 spiro atoms. The van der Waals surface area contributed by atoms with Gasteiger partial charge in [0.05, 0.1) is 11.4 Å². The zero-order valence-corrected chi connectivity index (χ0v) is 13.7. The first kappa shape index (κ1) is 17.0. The lowest BCUT2D eigenvalue weighted by molar-refractivity contribution is 0.566. The molecule has 0 bridgehead atoms. The lowest BCUT2D eigenvalue weighted by atomic mass is 10.2. The van der Waals surface area contributed by atoms with Crippen molar-refractivity contribution in [1.29, 1.82) is 0 Å². The number of sulfonamides is 1. The highest BCUT2D eigenvalue weighted by molar-refractivity contribution is 7.92. The highest BCUT2D eigenvalue weighted by Gasteiger charge is 2.21. The summed E-state index contributed by atoms with van der Waals surface area (Å²) in [7, 11) is -3.25. The Morgan fingerprint density at radius 3 is 2.45 bits per heavy atom. The first-order chi connectivity index (χ1) is 9.38. The maximum atomic E-state index is 12.5. The van der Waals surface area contributed by atoms with Gasteiger partial charge in [-0.25, -0.2) is 8.42 Å². The molecule has 1 rings (SSSR count). The maximum Gasteiger partial charge on any atom is 0.235 e. The van der Waals surface area contributed by atoms with E-state index >= 15 is 0 Å². The first-order valence-electron chi connectivity index (χ1n) is 7.18. The van der Waals surface area contributed by atoms with Crippen LogP contribution in [0.15, 0.2) is 24.3 Å². The molecule has 0 aliphatic heterocycles. The summed E-state index contributed by atoms with van der Waals surface area (Å²) in [6.45, 7) is 9.11. The minimum absolute atomic E-state index is 0.175. The zero-order chi connectivity index (χ0) is 15.2. The largest absolute Gasteiger partial charge is 0.314 e. The van der Waals surface area contributed by atoms with Gasteiger partial charge in [0.1, 0.15) is 0 Å². The molecule has 0 amide bonds. The molecule has 0 aromatic heterocycles. The fourth-order valence-corrected chi connectivity index (χ4v) is 3.74. The topological polar surface area (TPSA) is 49.4 Å². The van der Waals surface area contributed by atoms with Gasteiger partial charge in [0.2, 0.25) is 10.0 Å². The summed E-state index contributed by atoms with van der Waals surface area (Å²) in [5.74, 6) is 0.175. The van der Waals surface area contributed by atoms with Crippen LogP contribution in [0.5, 0.6) is 0 Å². The molecule has 0 saturated carbocycles. The van der Waals surface area contributed by atoms with Crippen LogP contribution in [0.2, 0.25) is 0 Å². The van der Waals surface area contributed by atoms with Crippen molar-refractivity contribution in [2.45, 2.75) is 40.2 Å². The smallest absolute Gasteiger partial charge is 0.235 e. The second-order valence-electron chi connectivity index (χ2n) is 5.23. The second kappa shape index (κ2) is 7.64. The van der Waals surface area contributed by atoms with E-state index in [1.807, 2.05) is 38.1 Å². The SMILES string of the molecule is CCN(c1ccccc1C)S(=O)(=O)CCCNC(C)C. The van der Waals surface area contributed by atoms with Crippen LogP contribution in [-0.2, 0) is 10.0 Å². The van der Waals surface area contributed by atoms with Gasteiger partial charge in [0.15, 0.2) is 0 Å². The summed E-state index contributed by atoms with van der Waals surface area (Å²) in [4.78, 5) is 0. The number of benzene rings is 1. The van der Waals surface area contributed by atoms with Crippen LogP contribution in [-0.4, -0.2) is 33.3 Å². The summed E-state index contributed by atoms with van der Waals surface area (Å²) in [6, 6.07) is 7.99. The molecule has 0 aliphatic carbocycles. The number of anilines is 1. The summed E-state index contributed by atoms with van der Waals surface area (Å²) in [5.41, 5.74) is 1.77. The quantitative estimate of drug-likeness (QED) is 0.750. The van der Waals surface area contributed by atoms with E-state index in [-0.39, 0.29) is 5.75 Å². The molecule has 0 fully saturated rings. The standard InChI is InChI=1S/C15H26N2O2S/c1-5-17(15-10-7-6-9-14(15)4)20(18,19)12-8-11-16-13(2)3/h6-7,9-10,13,16H,5,8,11-12H2,1-4H3. The van der Waals surface area contributed by atoms with Crippen LogP contribution < -0.4 is 9.62 Å². The molecule has 0 unspecified atom stereocenters. The lowest BCUT2D eigenvalue weighted by Crippen LogP contribution is -2.35. The summed E-state index contributed by atoms with van der Waals surface area (Å²) in [6.07, 6.45) is 0.628. The third kappa shape index (κ3) is 4.80. The van der Waals surface area contributed by atoms with E-state index in [0.29, 0.717) is 19.0 Å². The Labute approximate surface area is 123 Å². The minimum Gasteiger partial charge on any atom is -0.314 e. The second-order valence-corrected chi connectivity index (χ2v) is 7.24. The van der Waals surface area contributed by atoms with E-state index < -0.39 is 10.0 Å². The molecular formula is C15H26N2O2S. The number of hydrogen-bond acceptors (Lipinski definition) is 3. The molecule has 0 radical (unpaired) electrons. The van der Waals surface area contributed by atoms with E-state index in [1.54, 1.807) is 0 Å². The summed E-state index contributed by atoms with van der Waals surface area (Å²) in [5, 5.41) is 3.24. The molecule has 0 atom stereocenters. The van der Waals surface area contributed by atoms with Crippen LogP contribution in [0.3, 0.4) is 0 Å². The zero-order valence-electron chi connectivity index (χ0n) is 12.9. The van der Waals surface area contributed by atoms with E-state index in [2.05, 4.69) is 19.2 Å². The van der Waals surface area contributed by atoms with Gasteiger partial charge < -0.3 is 5.32 Å². The van der Waals surface area contributed by atoms with Crippen LogP contribution in [0.1, 0.15) is 32.8 Å². The predicted octanol–water partition coefficient (Wildman–Crippen LogP) is 2.54. The molecule has 1 N–H and O–H groups in total. The molecule has 114 valence electrons. The van der Waals surface area contributed by atoms with Crippen molar-refractivity contribution >= 4 is 15.7 Å².